The molecule has 1 heterocycles. The van der Waals surface area contributed by atoms with Crippen molar-refractivity contribution in [2.45, 2.75) is 12.8 Å². The Morgan fingerprint density at radius 2 is 1.33 bits per heavy atom. The number of hydrogen-bond acceptors (Lipinski definition) is 1. The van der Waals surface area contributed by atoms with Crippen molar-refractivity contribution in [3.63, 3.8) is 0 Å². The summed E-state index contributed by atoms with van der Waals surface area (Å²) in [7, 11) is 0. The molecule has 0 saturated heterocycles. The van der Waals surface area contributed by atoms with Crippen molar-refractivity contribution in [2.75, 3.05) is 0 Å². The van der Waals surface area contributed by atoms with Crippen molar-refractivity contribution in [1.29, 1.82) is 0 Å². The van der Waals surface area contributed by atoms with Gasteiger partial charge in [-0.25, -0.2) is 0 Å². The second-order valence-corrected chi connectivity index (χ2v) is 6.60. The highest BCUT2D eigenvalue weighted by molar-refractivity contribution is 7.19. The van der Waals surface area contributed by atoms with Gasteiger partial charge in [-0.2, -0.15) is 0 Å². The van der Waals surface area contributed by atoms with E-state index >= 15 is 0 Å². The van der Waals surface area contributed by atoms with Gasteiger partial charge in [0.05, 0.1) is 0 Å². The van der Waals surface area contributed by atoms with E-state index in [1.54, 1.807) is 0 Å². The van der Waals surface area contributed by atoms with Crippen molar-refractivity contribution in [2.24, 2.45) is 0 Å². The number of thiophene rings is 1. The van der Waals surface area contributed by atoms with Crippen LogP contribution in [0.2, 0.25) is 0 Å². The third-order valence-corrected chi connectivity index (χ3v) is 5.10. The Morgan fingerprint density at radius 1 is 0.619 bits per heavy atom. The summed E-state index contributed by atoms with van der Waals surface area (Å²) in [5.41, 5.74) is 1.42. The maximum absolute atomic E-state index is 2.36. The van der Waals surface area contributed by atoms with E-state index in [0.717, 1.165) is 12.8 Å². The average molecular weight is 288 g/mol. The van der Waals surface area contributed by atoms with E-state index in [4.69, 9.17) is 0 Å². The standard InChI is InChI=1S/C20H16S/c1-2-6-15(7-3-1)10-11-19-13-18-12-16-8-4-5-9-17(16)14-20(18)21-19/h1-9,12-14H,10-11H2. The lowest BCUT2D eigenvalue weighted by molar-refractivity contribution is 0.982. The van der Waals surface area contributed by atoms with Crippen LogP contribution in [0.4, 0.5) is 0 Å². The van der Waals surface area contributed by atoms with Crippen LogP contribution >= 0.6 is 11.3 Å². The lowest BCUT2D eigenvalue weighted by Crippen LogP contribution is -1.87. The minimum atomic E-state index is 1.12. The maximum atomic E-state index is 2.36. The summed E-state index contributed by atoms with van der Waals surface area (Å²) in [5.74, 6) is 0. The zero-order chi connectivity index (χ0) is 14.1. The smallest absolute Gasteiger partial charge is 0.0352 e. The zero-order valence-electron chi connectivity index (χ0n) is 11.8. The maximum Gasteiger partial charge on any atom is 0.0352 e. The van der Waals surface area contributed by atoms with Crippen LogP contribution in [-0.2, 0) is 12.8 Å². The molecule has 0 N–H and O–H groups in total. The van der Waals surface area contributed by atoms with Gasteiger partial charge in [0.25, 0.3) is 0 Å². The van der Waals surface area contributed by atoms with Gasteiger partial charge in [0.1, 0.15) is 0 Å². The summed E-state index contributed by atoms with van der Waals surface area (Å²) in [4.78, 5) is 1.48. The first-order chi connectivity index (χ1) is 10.4. The monoisotopic (exact) mass is 288 g/mol. The molecule has 0 aliphatic heterocycles. The molecule has 0 aliphatic rings. The Kier molecular flexibility index (Phi) is 3.21. The van der Waals surface area contributed by atoms with E-state index in [1.165, 1.54) is 31.3 Å². The van der Waals surface area contributed by atoms with Gasteiger partial charge in [-0.1, -0.05) is 54.6 Å². The first kappa shape index (κ1) is 12.6. The Balaban J connectivity index is 1.65. The molecule has 0 fully saturated rings. The molecule has 4 aromatic rings. The first-order valence-corrected chi connectivity index (χ1v) is 8.15. The molecule has 0 amide bonds. The van der Waals surface area contributed by atoms with Crippen molar-refractivity contribution >= 4 is 32.2 Å². The summed E-state index contributed by atoms with van der Waals surface area (Å²) in [5, 5.41) is 4.04. The zero-order valence-corrected chi connectivity index (χ0v) is 12.6. The summed E-state index contributed by atoms with van der Waals surface area (Å²) < 4.78 is 1.40. The van der Waals surface area contributed by atoms with Crippen molar-refractivity contribution in [3.8, 4) is 0 Å². The fraction of sp³-hybridized carbons (Fsp3) is 0.100. The third kappa shape index (κ3) is 2.57. The summed E-state index contributed by atoms with van der Waals surface area (Å²) in [6.45, 7) is 0. The van der Waals surface area contributed by atoms with E-state index in [9.17, 15) is 0 Å². The van der Waals surface area contributed by atoms with Crippen LogP contribution in [0.5, 0.6) is 0 Å². The Hall–Kier alpha value is -2.12. The summed E-state index contributed by atoms with van der Waals surface area (Å²) in [6.07, 6.45) is 2.24. The first-order valence-electron chi connectivity index (χ1n) is 7.34. The highest BCUT2D eigenvalue weighted by atomic mass is 32.1. The van der Waals surface area contributed by atoms with E-state index in [0.29, 0.717) is 0 Å². The Bertz CT molecular complexity index is 835. The van der Waals surface area contributed by atoms with E-state index in [-0.39, 0.29) is 0 Å². The van der Waals surface area contributed by atoms with Crippen LogP contribution in [0, 0.1) is 0 Å². The molecule has 0 saturated carbocycles. The minimum absolute atomic E-state index is 1.12. The molecule has 0 atom stereocenters. The summed E-state index contributed by atoms with van der Waals surface area (Å²) >= 11 is 1.93. The topological polar surface area (TPSA) is 0 Å². The normalized spacial score (nSPS) is 11.2. The molecular formula is C20H16S. The molecule has 3 aromatic carbocycles. The Morgan fingerprint density at radius 3 is 2.14 bits per heavy atom. The van der Waals surface area contributed by atoms with Gasteiger partial charge in [0, 0.05) is 9.58 Å². The molecule has 0 spiro atoms. The highest BCUT2D eigenvalue weighted by Gasteiger charge is 2.04. The lowest BCUT2D eigenvalue weighted by Gasteiger charge is -1.98. The highest BCUT2D eigenvalue weighted by Crippen LogP contribution is 2.30. The number of aryl methyl sites for hydroxylation is 2. The van der Waals surface area contributed by atoms with Crippen LogP contribution in [-0.4, -0.2) is 0 Å². The van der Waals surface area contributed by atoms with Gasteiger partial charge in [0.2, 0.25) is 0 Å². The van der Waals surface area contributed by atoms with Crippen LogP contribution in [0.1, 0.15) is 10.4 Å². The van der Waals surface area contributed by atoms with Crippen LogP contribution in [0.3, 0.4) is 0 Å². The second kappa shape index (κ2) is 5.34. The van der Waals surface area contributed by atoms with E-state index < -0.39 is 0 Å². The molecule has 0 bridgehead atoms. The summed E-state index contributed by atoms with van der Waals surface area (Å²) in [6, 6.07) is 26.3. The SMILES string of the molecule is c1ccc(CCc2cc3cc4ccccc4cc3s2)cc1. The van der Waals surface area contributed by atoms with Gasteiger partial charge in [-0.3, -0.25) is 0 Å². The van der Waals surface area contributed by atoms with Crippen molar-refractivity contribution < 1.29 is 0 Å². The van der Waals surface area contributed by atoms with Crippen molar-refractivity contribution in [1.82, 2.24) is 0 Å². The van der Waals surface area contributed by atoms with Gasteiger partial charge in [0.15, 0.2) is 0 Å². The second-order valence-electron chi connectivity index (χ2n) is 5.44. The fourth-order valence-electron chi connectivity index (χ4n) is 2.82. The largest absolute Gasteiger partial charge is 0.140 e. The fourth-order valence-corrected chi connectivity index (χ4v) is 3.91. The Labute approximate surface area is 128 Å². The average Bonchev–Trinajstić information content (AvgIpc) is 2.93. The molecule has 0 unspecified atom stereocenters. The minimum Gasteiger partial charge on any atom is -0.140 e. The molecule has 1 aromatic heterocycles. The van der Waals surface area contributed by atoms with Gasteiger partial charge in [-0.05, 0) is 52.8 Å². The molecule has 0 nitrogen and oxygen atoms in total. The van der Waals surface area contributed by atoms with Crippen molar-refractivity contribution in [3.05, 3.63) is 83.2 Å². The predicted octanol–water partition coefficient (Wildman–Crippen LogP) is 5.84. The number of fused-ring (bicyclic) bond motifs is 2. The number of rotatable bonds is 3. The molecule has 0 radical (unpaired) electrons. The molecule has 1 heteroatoms. The quantitative estimate of drug-likeness (QED) is 0.444. The number of benzene rings is 3. The number of hydrogen-bond donors (Lipinski definition) is 0. The predicted molar refractivity (Wildman–Crippen MR) is 93.2 cm³/mol. The van der Waals surface area contributed by atoms with Crippen LogP contribution < -0.4 is 0 Å². The van der Waals surface area contributed by atoms with E-state index in [2.05, 4.69) is 72.8 Å². The molecule has 21 heavy (non-hydrogen) atoms. The molecule has 102 valence electrons. The van der Waals surface area contributed by atoms with Crippen LogP contribution in [0.15, 0.2) is 72.8 Å². The van der Waals surface area contributed by atoms with Gasteiger partial charge < -0.3 is 0 Å². The van der Waals surface area contributed by atoms with Crippen LogP contribution in [0.25, 0.3) is 20.9 Å². The van der Waals surface area contributed by atoms with E-state index in [1.807, 2.05) is 11.3 Å². The van der Waals surface area contributed by atoms with Gasteiger partial charge >= 0.3 is 0 Å². The molecular weight excluding hydrogens is 272 g/mol. The molecule has 4 rings (SSSR count). The third-order valence-electron chi connectivity index (χ3n) is 3.94. The van der Waals surface area contributed by atoms with Gasteiger partial charge in [-0.15, -0.1) is 11.3 Å². The lowest BCUT2D eigenvalue weighted by atomic mass is 10.1. The molecule has 0 aliphatic carbocycles.